The third-order valence-electron chi connectivity index (χ3n) is 3.90. The first-order valence-corrected chi connectivity index (χ1v) is 7.34. The number of piperidine rings is 1. The Bertz CT molecular complexity index is 473. The molecule has 1 aliphatic heterocycles. The number of nitrogens with one attached hydrogen (secondary N) is 2. The second kappa shape index (κ2) is 6.01. The number of carbonyl (C=O) groups is 1. The molecule has 1 saturated heterocycles. The van der Waals surface area contributed by atoms with E-state index >= 15 is 0 Å². The Kier molecular flexibility index (Phi) is 4.58. The van der Waals surface area contributed by atoms with Crippen molar-refractivity contribution in [2.75, 3.05) is 18.4 Å². The van der Waals surface area contributed by atoms with Crippen molar-refractivity contribution in [3.05, 3.63) is 28.5 Å². The van der Waals surface area contributed by atoms with Gasteiger partial charge >= 0.3 is 0 Å². The van der Waals surface area contributed by atoms with Crippen LogP contribution in [0.3, 0.4) is 0 Å². The summed E-state index contributed by atoms with van der Waals surface area (Å²) in [5.74, 6) is -0.292. The minimum absolute atomic E-state index is 0.0370. The maximum Gasteiger partial charge on any atom is 0.230 e. The normalized spacial score (nSPS) is 18.1. The number of anilines is 1. The minimum Gasteiger partial charge on any atom is -0.326 e. The fourth-order valence-corrected chi connectivity index (χ4v) is 2.86. The molecule has 0 bridgehead atoms. The van der Waals surface area contributed by atoms with Crippen LogP contribution >= 0.6 is 15.9 Å². The van der Waals surface area contributed by atoms with E-state index in [9.17, 15) is 9.18 Å². The van der Waals surface area contributed by atoms with Crippen molar-refractivity contribution in [1.82, 2.24) is 5.32 Å². The molecule has 1 amide bonds. The molecule has 1 aliphatic rings. The van der Waals surface area contributed by atoms with Crippen LogP contribution in [0, 0.1) is 11.2 Å². The zero-order chi connectivity index (χ0) is 13.9. The Morgan fingerprint density at radius 1 is 1.47 bits per heavy atom. The molecule has 0 atom stereocenters. The van der Waals surface area contributed by atoms with Gasteiger partial charge in [-0.05, 0) is 66.5 Å². The molecule has 2 N–H and O–H groups in total. The standard InChI is InChI=1S/C14H18BrFN2O/c1-2-14(5-7-17-8-6-14)13(19)18-10-3-4-12(16)11(15)9-10/h3-4,9,17H,2,5-8H2,1H3,(H,18,19). The first kappa shape index (κ1) is 14.5. The third kappa shape index (κ3) is 3.15. The van der Waals surface area contributed by atoms with E-state index in [0.29, 0.717) is 10.2 Å². The fourth-order valence-electron chi connectivity index (χ4n) is 2.48. The molecular formula is C14H18BrFN2O. The van der Waals surface area contributed by atoms with Crippen molar-refractivity contribution in [3.63, 3.8) is 0 Å². The van der Waals surface area contributed by atoms with E-state index in [2.05, 4.69) is 26.6 Å². The van der Waals surface area contributed by atoms with E-state index in [0.717, 1.165) is 32.4 Å². The molecule has 1 heterocycles. The van der Waals surface area contributed by atoms with E-state index in [4.69, 9.17) is 0 Å². The van der Waals surface area contributed by atoms with Gasteiger partial charge in [-0.3, -0.25) is 4.79 Å². The predicted octanol–water partition coefficient (Wildman–Crippen LogP) is 3.31. The number of halogens is 2. The van der Waals surface area contributed by atoms with E-state index in [1.807, 2.05) is 6.92 Å². The van der Waals surface area contributed by atoms with Gasteiger partial charge in [0.05, 0.1) is 9.89 Å². The third-order valence-corrected chi connectivity index (χ3v) is 4.50. The number of benzene rings is 1. The minimum atomic E-state index is -0.329. The molecule has 1 aromatic rings. The average molecular weight is 329 g/mol. The van der Waals surface area contributed by atoms with Gasteiger partial charge in [-0.1, -0.05) is 6.92 Å². The van der Waals surface area contributed by atoms with E-state index in [-0.39, 0.29) is 17.1 Å². The summed E-state index contributed by atoms with van der Waals surface area (Å²) in [6.45, 7) is 3.79. The highest BCUT2D eigenvalue weighted by Crippen LogP contribution is 2.34. The van der Waals surface area contributed by atoms with Gasteiger partial charge in [0.2, 0.25) is 5.91 Å². The monoisotopic (exact) mass is 328 g/mol. The van der Waals surface area contributed by atoms with Gasteiger partial charge in [-0.25, -0.2) is 4.39 Å². The molecule has 1 aromatic carbocycles. The number of amides is 1. The zero-order valence-corrected chi connectivity index (χ0v) is 12.5. The second-order valence-corrected chi connectivity index (χ2v) is 5.82. The smallest absolute Gasteiger partial charge is 0.230 e. The van der Waals surface area contributed by atoms with Crippen LogP contribution in [0.25, 0.3) is 0 Å². The summed E-state index contributed by atoms with van der Waals surface area (Å²) >= 11 is 3.13. The molecule has 0 aliphatic carbocycles. The molecule has 104 valence electrons. The summed E-state index contributed by atoms with van der Waals surface area (Å²) in [6, 6.07) is 4.53. The van der Waals surface area contributed by atoms with Crippen molar-refractivity contribution < 1.29 is 9.18 Å². The van der Waals surface area contributed by atoms with Crippen molar-refractivity contribution in [2.24, 2.45) is 5.41 Å². The summed E-state index contributed by atoms with van der Waals surface area (Å²) in [5.41, 5.74) is 0.330. The lowest BCUT2D eigenvalue weighted by molar-refractivity contribution is -0.127. The summed E-state index contributed by atoms with van der Waals surface area (Å²) in [5, 5.41) is 6.18. The molecule has 0 saturated carbocycles. The summed E-state index contributed by atoms with van der Waals surface area (Å²) in [6.07, 6.45) is 2.51. The quantitative estimate of drug-likeness (QED) is 0.893. The first-order chi connectivity index (χ1) is 9.07. The predicted molar refractivity (Wildman–Crippen MR) is 77.6 cm³/mol. The van der Waals surface area contributed by atoms with Crippen LogP contribution in [0.15, 0.2) is 22.7 Å². The van der Waals surface area contributed by atoms with E-state index in [1.165, 1.54) is 6.07 Å². The van der Waals surface area contributed by atoms with Crippen LogP contribution < -0.4 is 10.6 Å². The lowest BCUT2D eigenvalue weighted by Gasteiger charge is -2.35. The Morgan fingerprint density at radius 3 is 2.74 bits per heavy atom. The lowest BCUT2D eigenvalue weighted by atomic mass is 9.76. The van der Waals surface area contributed by atoms with Crippen LogP contribution in [0.4, 0.5) is 10.1 Å². The van der Waals surface area contributed by atoms with Gasteiger partial charge in [0.25, 0.3) is 0 Å². The second-order valence-electron chi connectivity index (χ2n) is 4.97. The molecule has 1 fully saturated rings. The average Bonchev–Trinajstić information content (AvgIpc) is 2.43. The maximum absolute atomic E-state index is 13.2. The number of hydrogen-bond acceptors (Lipinski definition) is 2. The molecule has 19 heavy (non-hydrogen) atoms. The van der Waals surface area contributed by atoms with Crippen LogP contribution in [0.5, 0.6) is 0 Å². The topological polar surface area (TPSA) is 41.1 Å². The molecule has 0 radical (unpaired) electrons. The van der Waals surface area contributed by atoms with Crippen LogP contribution in [0.1, 0.15) is 26.2 Å². The number of carbonyl (C=O) groups excluding carboxylic acids is 1. The fraction of sp³-hybridized carbons (Fsp3) is 0.500. The highest BCUT2D eigenvalue weighted by Gasteiger charge is 2.37. The Morgan fingerprint density at radius 2 is 2.16 bits per heavy atom. The molecule has 0 spiro atoms. The largest absolute Gasteiger partial charge is 0.326 e. The van der Waals surface area contributed by atoms with Gasteiger partial charge < -0.3 is 10.6 Å². The lowest BCUT2D eigenvalue weighted by Crippen LogP contribution is -2.44. The molecule has 0 unspecified atom stereocenters. The molecule has 5 heteroatoms. The first-order valence-electron chi connectivity index (χ1n) is 6.54. The summed E-state index contributed by atoms with van der Waals surface area (Å²) < 4.78 is 13.5. The van der Waals surface area contributed by atoms with Gasteiger partial charge in [0, 0.05) is 5.69 Å². The zero-order valence-electron chi connectivity index (χ0n) is 10.9. The van der Waals surface area contributed by atoms with Crippen LogP contribution in [-0.4, -0.2) is 19.0 Å². The van der Waals surface area contributed by atoms with Gasteiger partial charge in [-0.15, -0.1) is 0 Å². The summed E-state index contributed by atoms with van der Waals surface area (Å²) in [7, 11) is 0. The van der Waals surface area contributed by atoms with Gasteiger partial charge in [0.15, 0.2) is 0 Å². The number of rotatable bonds is 3. The SMILES string of the molecule is CCC1(C(=O)Nc2ccc(F)c(Br)c2)CCNCC1. The van der Waals surface area contributed by atoms with Gasteiger partial charge in [-0.2, -0.15) is 0 Å². The molecule has 2 rings (SSSR count). The van der Waals surface area contributed by atoms with Crippen molar-refractivity contribution in [2.45, 2.75) is 26.2 Å². The van der Waals surface area contributed by atoms with Gasteiger partial charge in [0.1, 0.15) is 5.82 Å². The van der Waals surface area contributed by atoms with Crippen molar-refractivity contribution >= 4 is 27.5 Å². The molecule has 0 aromatic heterocycles. The Balaban J connectivity index is 2.12. The highest BCUT2D eigenvalue weighted by atomic mass is 79.9. The van der Waals surface area contributed by atoms with Crippen LogP contribution in [-0.2, 0) is 4.79 Å². The maximum atomic E-state index is 13.2. The summed E-state index contributed by atoms with van der Waals surface area (Å²) in [4.78, 5) is 12.5. The Hall–Kier alpha value is -0.940. The Labute approximate surface area is 121 Å². The van der Waals surface area contributed by atoms with Crippen molar-refractivity contribution in [3.8, 4) is 0 Å². The highest BCUT2D eigenvalue weighted by molar-refractivity contribution is 9.10. The number of hydrogen-bond donors (Lipinski definition) is 2. The molecular weight excluding hydrogens is 311 g/mol. The van der Waals surface area contributed by atoms with E-state index < -0.39 is 0 Å². The van der Waals surface area contributed by atoms with Crippen molar-refractivity contribution in [1.29, 1.82) is 0 Å². The molecule has 3 nitrogen and oxygen atoms in total. The van der Waals surface area contributed by atoms with E-state index in [1.54, 1.807) is 12.1 Å². The van der Waals surface area contributed by atoms with Crippen LogP contribution in [0.2, 0.25) is 0 Å².